The van der Waals surface area contributed by atoms with Gasteiger partial charge >= 0.3 is 0 Å². The number of rotatable bonds is 7. The number of benzene rings is 1. The van der Waals surface area contributed by atoms with E-state index in [9.17, 15) is 0 Å². The van der Waals surface area contributed by atoms with Crippen molar-refractivity contribution in [1.82, 2.24) is 5.32 Å². The molecule has 0 radical (unpaired) electrons. The van der Waals surface area contributed by atoms with Gasteiger partial charge in [0.05, 0.1) is 13.7 Å². The molecule has 1 unspecified atom stereocenters. The maximum atomic E-state index is 5.38. The lowest BCUT2D eigenvalue weighted by Crippen LogP contribution is -2.23. The second kappa shape index (κ2) is 7.30. The summed E-state index contributed by atoms with van der Waals surface area (Å²) >= 11 is 0. The van der Waals surface area contributed by atoms with E-state index in [-0.39, 0.29) is 6.04 Å². The summed E-state index contributed by atoms with van der Waals surface area (Å²) in [6, 6.07) is 6.52. The van der Waals surface area contributed by atoms with Gasteiger partial charge in [0.1, 0.15) is 5.75 Å². The molecule has 0 fully saturated rings. The number of hydrogen-bond acceptors (Lipinski definition) is 3. The molecule has 17 heavy (non-hydrogen) atoms. The van der Waals surface area contributed by atoms with Crippen LogP contribution in [0, 0.1) is 6.92 Å². The van der Waals surface area contributed by atoms with Crippen LogP contribution in [-0.4, -0.2) is 26.9 Å². The molecule has 3 nitrogen and oxygen atoms in total. The maximum absolute atomic E-state index is 5.38. The van der Waals surface area contributed by atoms with Gasteiger partial charge in [-0.3, -0.25) is 0 Å². The SMILES string of the molecule is CCOCCNC(C)c1cc(C)ccc1OC. The molecule has 3 heteroatoms. The van der Waals surface area contributed by atoms with Gasteiger partial charge in [0.15, 0.2) is 0 Å². The first kappa shape index (κ1) is 14.0. The molecule has 0 aliphatic carbocycles. The number of nitrogens with one attached hydrogen (secondary N) is 1. The Morgan fingerprint density at radius 2 is 2.12 bits per heavy atom. The zero-order valence-corrected chi connectivity index (χ0v) is 11.2. The Kier molecular flexibility index (Phi) is 6.01. The molecule has 0 saturated heterocycles. The van der Waals surface area contributed by atoms with Gasteiger partial charge in [0.25, 0.3) is 0 Å². The van der Waals surface area contributed by atoms with E-state index in [0.29, 0.717) is 0 Å². The zero-order valence-electron chi connectivity index (χ0n) is 11.2. The normalized spacial score (nSPS) is 12.5. The van der Waals surface area contributed by atoms with Crippen LogP contribution in [0.1, 0.15) is 31.0 Å². The highest BCUT2D eigenvalue weighted by Gasteiger charge is 2.10. The molecule has 0 aromatic heterocycles. The smallest absolute Gasteiger partial charge is 0.123 e. The highest BCUT2D eigenvalue weighted by Crippen LogP contribution is 2.25. The zero-order chi connectivity index (χ0) is 12.7. The van der Waals surface area contributed by atoms with Gasteiger partial charge in [-0.1, -0.05) is 17.7 Å². The van der Waals surface area contributed by atoms with Crippen molar-refractivity contribution in [3.8, 4) is 5.75 Å². The van der Waals surface area contributed by atoms with Crippen LogP contribution in [0.25, 0.3) is 0 Å². The lowest BCUT2D eigenvalue weighted by atomic mass is 10.0. The minimum Gasteiger partial charge on any atom is -0.496 e. The molecule has 0 heterocycles. The number of methoxy groups -OCH3 is 1. The molecule has 96 valence electrons. The summed E-state index contributed by atoms with van der Waals surface area (Å²) in [4.78, 5) is 0. The first-order chi connectivity index (χ1) is 8.19. The van der Waals surface area contributed by atoms with Crippen molar-refractivity contribution in [2.75, 3.05) is 26.9 Å². The molecule has 0 saturated carbocycles. The number of hydrogen-bond donors (Lipinski definition) is 1. The van der Waals surface area contributed by atoms with E-state index < -0.39 is 0 Å². The first-order valence-corrected chi connectivity index (χ1v) is 6.14. The largest absolute Gasteiger partial charge is 0.496 e. The van der Waals surface area contributed by atoms with Crippen molar-refractivity contribution >= 4 is 0 Å². The fourth-order valence-electron chi connectivity index (χ4n) is 1.79. The van der Waals surface area contributed by atoms with Crippen LogP contribution in [0.15, 0.2) is 18.2 Å². The topological polar surface area (TPSA) is 30.5 Å². The Morgan fingerprint density at radius 3 is 2.76 bits per heavy atom. The first-order valence-electron chi connectivity index (χ1n) is 6.14. The summed E-state index contributed by atoms with van der Waals surface area (Å²) in [7, 11) is 1.71. The van der Waals surface area contributed by atoms with Gasteiger partial charge in [0.2, 0.25) is 0 Å². The van der Waals surface area contributed by atoms with Crippen molar-refractivity contribution in [2.45, 2.75) is 26.8 Å². The third kappa shape index (κ3) is 4.36. The molecule has 0 spiro atoms. The predicted molar refractivity (Wildman–Crippen MR) is 70.6 cm³/mol. The summed E-state index contributed by atoms with van der Waals surface area (Å²) in [6.07, 6.45) is 0. The van der Waals surface area contributed by atoms with E-state index in [2.05, 4.69) is 31.3 Å². The maximum Gasteiger partial charge on any atom is 0.123 e. The van der Waals surface area contributed by atoms with E-state index >= 15 is 0 Å². The van der Waals surface area contributed by atoms with Crippen LogP contribution >= 0.6 is 0 Å². The molecule has 1 N–H and O–H groups in total. The van der Waals surface area contributed by atoms with Gasteiger partial charge < -0.3 is 14.8 Å². The van der Waals surface area contributed by atoms with Crippen LogP contribution in [-0.2, 0) is 4.74 Å². The summed E-state index contributed by atoms with van der Waals surface area (Å²) in [5, 5.41) is 3.43. The molecule has 0 aliphatic heterocycles. The predicted octanol–water partition coefficient (Wildman–Crippen LogP) is 2.69. The summed E-state index contributed by atoms with van der Waals surface area (Å²) in [6.45, 7) is 8.61. The molecule has 0 bridgehead atoms. The number of ether oxygens (including phenoxy) is 2. The van der Waals surface area contributed by atoms with Gasteiger partial charge in [0, 0.05) is 24.8 Å². The quantitative estimate of drug-likeness (QED) is 0.740. The van der Waals surface area contributed by atoms with Gasteiger partial charge in [-0.2, -0.15) is 0 Å². The molecule has 1 atom stereocenters. The summed E-state index contributed by atoms with van der Waals surface area (Å²) in [5.41, 5.74) is 2.45. The lowest BCUT2D eigenvalue weighted by Gasteiger charge is -2.18. The van der Waals surface area contributed by atoms with Crippen LogP contribution in [0.5, 0.6) is 5.75 Å². The third-order valence-corrected chi connectivity index (χ3v) is 2.75. The van der Waals surface area contributed by atoms with Crippen molar-refractivity contribution in [3.05, 3.63) is 29.3 Å². The van der Waals surface area contributed by atoms with E-state index in [0.717, 1.165) is 25.5 Å². The van der Waals surface area contributed by atoms with Crippen molar-refractivity contribution in [2.24, 2.45) is 0 Å². The second-order valence-corrected chi connectivity index (χ2v) is 4.12. The third-order valence-electron chi connectivity index (χ3n) is 2.75. The van der Waals surface area contributed by atoms with Gasteiger partial charge in [-0.05, 0) is 26.8 Å². The van der Waals surface area contributed by atoms with E-state index in [4.69, 9.17) is 9.47 Å². The monoisotopic (exact) mass is 237 g/mol. The van der Waals surface area contributed by atoms with E-state index in [1.165, 1.54) is 11.1 Å². The fourth-order valence-corrected chi connectivity index (χ4v) is 1.79. The van der Waals surface area contributed by atoms with E-state index in [1.54, 1.807) is 7.11 Å². The Labute approximate surface area is 104 Å². The summed E-state index contributed by atoms with van der Waals surface area (Å²) < 4.78 is 10.7. The second-order valence-electron chi connectivity index (χ2n) is 4.12. The lowest BCUT2D eigenvalue weighted by molar-refractivity contribution is 0.147. The van der Waals surface area contributed by atoms with Crippen molar-refractivity contribution < 1.29 is 9.47 Å². The van der Waals surface area contributed by atoms with Gasteiger partial charge in [-0.15, -0.1) is 0 Å². The van der Waals surface area contributed by atoms with Crippen molar-refractivity contribution in [1.29, 1.82) is 0 Å². The Morgan fingerprint density at radius 1 is 1.35 bits per heavy atom. The molecule has 0 amide bonds. The molecule has 1 rings (SSSR count). The highest BCUT2D eigenvalue weighted by molar-refractivity contribution is 5.38. The molecule has 1 aromatic rings. The summed E-state index contributed by atoms with van der Waals surface area (Å²) in [5.74, 6) is 0.937. The highest BCUT2D eigenvalue weighted by atomic mass is 16.5. The Bertz CT molecular complexity index is 339. The van der Waals surface area contributed by atoms with E-state index in [1.807, 2.05) is 13.0 Å². The minimum atomic E-state index is 0.269. The van der Waals surface area contributed by atoms with Crippen LogP contribution in [0.4, 0.5) is 0 Å². The average molecular weight is 237 g/mol. The van der Waals surface area contributed by atoms with Crippen LogP contribution in [0.3, 0.4) is 0 Å². The fraction of sp³-hybridized carbons (Fsp3) is 0.571. The molecule has 1 aromatic carbocycles. The standard InChI is InChI=1S/C14H23NO2/c1-5-17-9-8-15-12(3)13-10-11(2)6-7-14(13)16-4/h6-7,10,12,15H,5,8-9H2,1-4H3. The average Bonchev–Trinajstić information content (AvgIpc) is 2.34. The molecular formula is C14H23NO2. The minimum absolute atomic E-state index is 0.269. The number of aryl methyl sites for hydroxylation is 1. The molecule has 0 aliphatic rings. The van der Waals surface area contributed by atoms with Crippen LogP contribution < -0.4 is 10.1 Å². The Balaban J connectivity index is 2.60. The van der Waals surface area contributed by atoms with Crippen molar-refractivity contribution in [3.63, 3.8) is 0 Å². The van der Waals surface area contributed by atoms with Crippen LogP contribution in [0.2, 0.25) is 0 Å². The van der Waals surface area contributed by atoms with Gasteiger partial charge in [-0.25, -0.2) is 0 Å². The Hall–Kier alpha value is -1.06. The molecular weight excluding hydrogens is 214 g/mol.